The number of benzene rings is 1. The fourth-order valence-corrected chi connectivity index (χ4v) is 3.97. The minimum atomic E-state index is 0.718. The normalized spacial score (nSPS) is 12.2. The summed E-state index contributed by atoms with van der Waals surface area (Å²) in [4.78, 5) is 5.62. The molecular weight excluding hydrogens is 362 g/mol. The number of nitrogens with zero attached hydrogens (tertiary/aromatic N) is 3. The fourth-order valence-electron chi connectivity index (χ4n) is 2.51. The van der Waals surface area contributed by atoms with Gasteiger partial charge in [-0.15, -0.1) is 11.3 Å². The molecule has 1 aromatic carbocycles. The molecule has 0 amide bonds. The van der Waals surface area contributed by atoms with Gasteiger partial charge < -0.3 is 4.42 Å². The average molecular weight is 380 g/mol. The van der Waals surface area contributed by atoms with E-state index in [1.807, 2.05) is 45.9 Å². The number of hydrogen-bond acceptors (Lipinski definition) is 5. The number of hydrogen-bond donors (Lipinski definition) is 0. The predicted octanol–water partition coefficient (Wildman–Crippen LogP) is 4.90. The molecule has 0 fully saturated rings. The van der Waals surface area contributed by atoms with Crippen LogP contribution in [0.1, 0.15) is 11.1 Å². The maximum atomic E-state index is 5.56. The van der Waals surface area contributed by atoms with Gasteiger partial charge in [0.25, 0.3) is 0 Å². The summed E-state index contributed by atoms with van der Waals surface area (Å²) in [5.74, 6) is 0.785. The van der Waals surface area contributed by atoms with Crippen molar-refractivity contribution in [2.45, 2.75) is 6.42 Å². The van der Waals surface area contributed by atoms with E-state index >= 15 is 0 Å². The van der Waals surface area contributed by atoms with Crippen LogP contribution < -0.4 is 4.80 Å². The molecular formula is C20H17N3OS2. The van der Waals surface area contributed by atoms with Gasteiger partial charge in [0.2, 0.25) is 4.80 Å². The molecule has 0 saturated carbocycles. The van der Waals surface area contributed by atoms with Crippen LogP contribution in [0.5, 0.6) is 0 Å². The number of thiazole rings is 1. The summed E-state index contributed by atoms with van der Waals surface area (Å²) in [6, 6.07) is 16.3. The number of aromatic nitrogens is 1. The number of rotatable bonds is 6. The lowest BCUT2D eigenvalue weighted by Crippen LogP contribution is -2.13. The molecule has 0 spiro atoms. The summed E-state index contributed by atoms with van der Waals surface area (Å²) in [7, 11) is 0. The van der Waals surface area contributed by atoms with Crippen LogP contribution in [-0.2, 0) is 6.42 Å². The van der Waals surface area contributed by atoms with Crippen LogP contribution in [0, 0.1) is 0 Å². The zero-order valence-electron chi connectivity index (χ0n) is 14.0. The van der Waals surface area contributed by atoms with E-state index in [0.29, 0.717) is 0 Å². The Balaban J connectivity index is 1.64. The quantitative estimate of drug-likeness (QED) is 0.440. The molecule has 0 atom stereocenters. The lowest BCUT2D eigenvalue weighted by atomic mass is 10.2. The summed E-state index contributed by atoms with van der Waals surface area (Å²) >= 11 is 3.23. The van der Waals surface area contributed by atoms with Gasteiger partial charge in [0, 0.05) is 17.5 Å². The van der Waals surface area contributed by atoms with Gasteiger partial charge in [-0.25, -0.2) is 4.68 Å². The van der Waals surface area contributed by atoms with Crippen molar-refractivity contribution in [3.05, 3.63) is 86.9 Å². The van der Waals surface area contributed by atoms with E-state index in [-0.39, 0.29) is 0 Å². The van der Waals surface area contributed by atoms with Gasteiger partial charge >= 0.3 is 0 Å². The largest absolute Gasteiger partial charge is 0.463 e. The Kier molecular flexibility index (Phi) is 5.23. The molecule has 3 aromatic heterocycles. The molecule has 0 radical (unpaired) electrons. The Morgan fingerprint density at radius 2 is 1.96 bits per heavy atom. The highest BCUT2D eigenvalue weighted by Crippen LogP contribution is 2.20. The van der Waals surface area contributed by atoms with Gasteiger partial charge in [-0.2, -0.15) is 16.4 Å². The molecule has 3 heterocycles. The number of furan rings is 1. The molecule has 0 aliphatic heterocycles. The highest BCUT2D eigenvalue weighted by Gasteiger charge is 2.09. The smallest absolute Gasteiger partial charge is 0.206 e. The Labute approximate surface area is 159 Å². The minimum Gasteiger partial charge on any atom is -0.463 e. The van der Waals surface area contributed by atoms with E-state index < -0.39 is 0 Å². The van der Waals surface area contributed by atoms with E-state index in [1.165, 1.54) is 5.56 Å². The second-order valence-corrected chi connectivity index (χ2v) is 7.23. The van der Waals surface area contributed by atoms with Crippen molar-refractivity contribution in [3.63, 3.8) is 0 Å². The molecule has 0 saturated heterocycles. The SMILES string of the molecule is C(=Nn1c(-c2ccco2)csc1=NCCc1ccccc1)c1ccsc1. The maximum Gasteiger partial charge on any atom is 0.206 e. The standard InChI is InChI=1S/C20H17N3OS2/c1-2-5-16(6-3-1)8-10-21-20-23(22-13-17-9-12-25-14-17)18(15-26-20)19-7-4-11-24-19/h1-7,9,11-15H,8,10H2. The summed E-state index contributed by atoms with van der Waals surface area (Å²) in [5, 5.41) is 10.8. The second-order valence-electron chi connectivity index (χ2n) is 5.61. The molecule has 0 aliphatic carbocycles. The van der Waals surface area contributed by atoms with Crippen molar-refractivity contribution in [2.24, 2.45) is 10.1 Å². The fraction of sp³-hybridized carbons (Fsp3) is 0.100. The molecule has 0 aliphatic rings. The Bertz CT molecular complexity index is 1030. The van der Waals surface area contributed by atoms with E-state index in [9.17, 15) is 0 Å². The first-order valence-corrected chi connectivity index (χ1v) is 10.1. The highest BCUT2D eigenvalue weighted by atomic mass is 32.1. The zero-order chi connectivity index (χ0) is 17.6. The lowest BCUT2D eigenvalue weighted by molar-refractivity contribution is 0.575. The van der Waals surface area contributed by atoms with Crippen molar-refractivity contribution in [2.75, 3.05) is 6.54 Å². The Hall–Kier alpha value is -2.70. The van der Waals surface area contributed by atoms with E-state index in [0.717, 1.165) is 34.8 Å². The van der Waals surface area contributed by atoms with Crippen LogP contribution in [-0.4, -0.2) is 17.4 Å². The van der Waals surface area contributed by atoms with Gasteiger partial charge in [0.15, 0.2) is 5.76 Å². The molecule has 4 rings (SSSR count). The summed E-state index contributed by atoms with van der Waals surface area (Å²) in [6.45, 7) is 0.718. The van der Waals surface area contributed by atoms with Gasteiger partial charge in [-0.3, -0.25) is 4.99 Å². The van der Waals surface area contributed by atoms with Crippen molar-refractivity contribution < 1.29 is 4.42 Å². The third kappa shape index (κ3) is 3.92. The van der Waals surface area contributed by atoms with E-state index in [4.69, 9.17) is 9.41 Å². The van der Waals surface area contributed by atoms with Crippen molar-refractivity contribution in [1.29, 1.82) is 0 Å². The average Bonchev–Trinajstić information content (AvgIpc) is 3.42. The van der Waals surface area contributed by atoms with Gasteiger partial charge in [-0.05, 0) is 40.9 Å². The monoisotopic (exact) mass is 379 g/mol. The highest BCUT2D eigenvalue weighted by molar-refractivity contribution is 7.08. The first-order valence-electron chi connectivity index (χ1n) is 8.25. The van der Waals surface area contributed by atoms with Crippen LogP contribution in [0.15, 0.2) is 85.4 Å². The molecule has 6 heteroatoms. The van der Waals surface area contributed by atoms with Gasteiger partial charge in [0.1, 0.15) is 5.69 Å². The molecule has 130 valence electrons. The van der Waals surface area contributed by atoms with Crippen molar-refractivity contribution >= 4 is 28.9 Å². The topological polar surface area (TPSA) is 42.8 Å². The minimum absolute atomic E-state index is 0.718. The summed E-state index contributed by atoms with van der Waals surface area (Å²) < 4.78 is 7.41. The summed E-state index contributed by atoms with van der Waals surface area (Å²) in [5.41, 5.74) is 3.27. The van der Waals surface area contributed by atoms with E-state index in [2.05, 4.69) is 34.7 Å². The third-order valence-electron chi connectivity index (χ3n) is 3.81. The molecule has 0 N–H and O–H groups in total. The molecule has 0 bridgehead atoms. The summed E-state index contributed by atoms with van der Waals surface area (Å²) in [6.07, 6.45) is 4.43. The van der Waals surface area contributed by atoms with Crippen molar-refractivity contribution in [1.82, 2.24) is 4.68 Å². The van der Waals surface area contributed by atoms with Gasteiger partial charge in [0.05, 0.1) is 12.5 Å². The third-order valence-corrected chi connectivity index (χ3v) is 5.37. The van der Waals surface area contributed by atoms with Crippen LogP contribution in [0.2, 0.25) is 0 Å². The maximum absolute atomic E-state index is 5.56. The second kappa shape index (κ2) is 8.12. The number of thiophene rings is 1. The molecule has 4 nitrogen and oxygen atoms in total. The van der Waals surface area contributed by atoms with Gasteiger partial charge in [-0.1, -0.05) is 30.3 Å². The van der Waals surface area contributed by atoms with Crippen molar-refractivity contribution in [3.8, 4) is 11.5 Å². The van der Waals surface area contributed by atoms with Crippen LogP contribution in [0.4, 0.5) is 0 Å². The Morgan fingerprint density at radius 3 is 2.73 bits per heavy atom. The lowest BCUT2D eigenvalue weighted by Gasteiger charge is -2.00. The Morgan fingerprint density at radius 1 is 1.04 bits per heavy atom. The molecule has 0 unspecified atom stereocenters. The van der Waals surface area contributed by atoms with Crippen LogP contribution in [0.3, 0.4) is 0 Å². The molecule has 4 aromatic rings. The first-order chi connectivity index (χ1) is 12.9. The molecule has 26 heavy (non-hydrogen) atoms. The predicted molar refractivity (Wildman–Crippen MR) is 108 cm³/mol. The zero-order valence-corrected chi connectivity index (χ0v) is 15.6. The van der Waals surface area contributed by atoms with Crippen LogP contribution >= 0.6 is 22.7 Å². The van der Waals surface area contributed by atoms with Crippen LogP contribution in [0.25, 0.3) is 11.5 Å². The first kappa shape index (κ1) is 16.8. The van der Waals surface area contributed by atoms with E-state index in [1.54, 1.807) is 28.9 Å².